The van der Waals surface area contributed by atoms with E-state index >= 15 is 0 Å². The lowest BCUT2D eigenvalue weighted by atomic mass is 9.82. The normalized spacial score (nSPS) is 22.4. The summed E-state index contributed by atoms with van der Waals surface area (Å²) in [5.41, 5.74) is 13.7. The Bertz CT molecular complexity index is 1200. The maximum Gasteiger partial charge on any atom is 0.123 e. The standard InChI is InChI=1S/C30H37N5/c1-19-8-6-10-28(21(19)3)35-24-13-11-23-17-22(12-14-29(23)34-16-15-24)26(30(32)33)18-27(31)25-9-5-4-7-20(25)2/h4-10,12,14,17-18,23-24,29,31,34-35H,11,13,15-16H2,1-3H3,(H3,32,33)/b26-18-,31-27?. The maximum absolute atomic E-state index is 8.62. The first-order valence-corrected chi connectivity index (χ1v) is 12.5. The Kier molecular flexibility index (Phi) is 7.67. The minimum atomic E-state index is -0.00838. The topological polar surface area (TPSA) is 97.8 Å². The molecule has 1 fully saturated rings. The molecule has 0 amide bonds. The lowest BCUT2D eigenvalue weighted by molar-refractivity contribution is 0.375. The second-order valence-corrected chi connectivity index (χ2v) is 9.78. The summed E-state index contributed by atoms with van der Waals surface area (Å²) in [5, 5.41) is 24.3. The second kappa shape index (κ2) is 10.9. The first kappa shape index (κ1) is 24.7. The molecule has 182 valence electrons. The third kappa shape index (κ3) is 5.80. The van der Waals surface area contributed by atoms with Crippen molar-refractivity contribution >= 4 is 17.2 Å². The van der Waals surface area contributed by atoms with Crippen molar-refractivity contribution in [2.45, 2.75) is 52.1 Å². The zero-order chi connectivity index (χ0) is 24.9. The summed E-state index contributed by atoms with van der Waals surface area (Å²) in [6.07, 6.45) is 11.4. The van der Waals surface area contributed by atoms with Crippen LogP contribution in [0.25, 0.3) is 0 Å². The highest BCUT2D eigenvalue weighted by Crippen LogP contribution is 2.30. The average Bonchev–Trinajstić information content (AvgIpc) is 2.82. The highest BCUT2D eigenvalue weighted by atomic mass is 15.0. The summed E-state index contributed by atoms with van der Waals surface area (Å²) in [6, 6.07) is 15.0. The Morgan fingerprint density at radius 2 is 1.77 bits per heavy atom. The van der Waals surface area contributed by atoms with E-state index in [2.05, 4.69) is 60.9 Å². The van der Waals surface area contributed by atoms with Gasteiger partial charge in [0.25, 0.3) is 0 Å². The molecule has 2 aromatic rings. The molecule has 0 radical (unpaired) electrons. The number of amidine groups is 1. The van der Waals surface area contributed by atoms with E-state index in [4.69, 9.17) is 16.6 Å². The van der Waals surface area contributed by atoms with E-state index in [-0.39, 0.29) is 11.9 Å². The van der Waals surface area contributed by atoms with Gasteiger partial charge in [0.1, 0.15) is 5.84 Å². The van der Waals surface area contributed by atoms with Crippen LogP contribution in [0, 0.1) is 37.5 Å². The second-order valence-electron chi connectivity index (χ2n) is 9.78. The Labute approximate surface area is 209 Å². The van der Waals surface area contributed by atoms with E-state index in [1.807, 2.05) is 31.2 Å². The Morgan fingerprint density at radius 3 is 2.54 bits per heavy atom. The molecule has 4 rings (SSSR count). The van der Waals surface area contributed by atoms with Crippen LogP contribution in [0.3, 0.4) is 0 Å². The fourth-order valence-corrected chi connectivity index (χ4v) is 5.05. The highest BCUT2D eigenvalue weighted by molar-refractivity contribution is 6.13. The molecule has 1 heterocycles. The maximum atomic E-state index is 8.62. The van der Waals surface area contributed by atoms with E-state index in [9.17, 15) is 0 Å². The molecule has 1 aliphatic heterocycles. The van der Waals surface area contributed by atoms with Gasteiger partial charge in [0.15, 0.2) is 0 Å². The van der Waals surface area contributed by atoms with Crippen molar-refractivity contribution < 1.29 is 0 Å². The average molecular weight is 468 g/mol. The van der Waals surface area contributed by atoms with Gasteiger partial charge >= 0.3 is 0 Å². The van der Waals surface area contributed by atoms with Crippen LogP contribution >= 0.6 is 0 Å². The zero-order valence-electron chi connectivity index (χ0n) is 21.0. The third-order valence-corrected chi connectivity index (χ3v) is 7.35. The summed E-state index contributed by atoms with van der Waals surface area (Å²) in [6.45, 7) is 7.29. The Morgan fingerprint density at radius 1 is 1.00 bits per heavy atom. The van der Waals surface area contributed by atoms with E-state index < -0.39 is 0 Å². The summed E-state index contributed by atoms with van der Waals surface area (Å²) < 4.78 is 0. The van der Waals surface area contributed by atoms with Gasteiger partial charge in [-0.15, -0.1) is 0 Å². The van der Waals surface area contributed by atoms with Crippen LogP contribution in [0.4, 0.5) is 5.69 Å². The molecule has 1 aliphatic carbocycles. The van der Waals surface area contributed by atoms with Gasteiger partial charge < -0.3 is 21.8 Å². The number of nitrogens with two attached hydrogens (primary N) is 1. The first-order valence-electron chi connectivity index (χ1n) is 12.5. The van der Waals surface area contributed by atoms with Crippen LogP contribution < -0.4 is 16.4 Å². The lowest BCUT2D eigenvalue weighted by Gasteiger charge is -2.33. The molecule has 5 nitrogen and oxygen atoms in total. The lowest BCUT2D eigenvalue weighted by Crippen LogP contribution is -2.41. The molecule has 0 bridgehead atoms. The Hall–Kier alpha value is -3.44. The molecule has 2 aromatic carbocycles. The van der Waals surface area contributed by atoms with Gasteiger partial charge in [-0.05, 0) is 86.9 Å². The van der Waals surface area contributed by atoms with Crippen molar-refractivity contribution in [1.29, 1.82) is 10.8 Å². The fraction of sp³-hybridized carbons (Fsp3) is 0.333. The molecule has 35 heavy (non-hydrogen) atoms. The van der Waals surface area contributed by atoms with Crippen molar-refractivity contribution in [2.75, 3.05) is 11.9 Å². The van der Waals surface area contributed by atoms with Gasteiger partial charge in [0, 0.05) is 28.9 Å². The number of rotatable bonds is 6. The molecule has 0 saturated carbocycles. The number of fused-ring (bicyclic) bond motifs is 1. The van der Waals surface area contributed by atoms with E-state index in [1.54, 1.807) is 6.08 Å². The van der Waals surface area contributed by atoms with Crippen LogP contribution in [-0.4, -0.2) is 30.2 Å². The SMILES string of the molecule is Cc1ccccc1C(=N)/C=C(\C(=N)N)C1=CC2CCC(Nc3cccc(C)c3C)CCNC2C=C1. The smallest absolute Gasteiger partial charge is 0.123 e. The number of hydrogen-bond donors (Lipinski definition) is 5. The predicted molar refractivity (Wildman–Crippen MR) is 148 cm³/mol. The highest BCUT2D eigenvalue weighted by Gasteiger charge is 2.26. The van der Waals surface area contributed by atoms with Crippen LogP contribution in [-0.2, 0) is 0 Å². The van der Waals surface area contributed by atoms with E-state index in [0.29, 0.717) is 23.2 Å². The number of anilines is 1. The monoisotopic (exact) mass is 467 g/mol. The summed E-state index contributed by atoms with van der Waals surface area (Å²) in [7, 11) is 0. The van der Waals surface area contributed by atoms with Gasteiger partial charge in [0.2, 0.25) is 0 Å². The van der Waals surface area contributed by atoms with Crippen molar-refractivity contribution in [2.24, 2.45) is 11.7 Å². The summed E-state index contributed by atoms with van der Waals surface area (Å²) >= 11 is 0. The van der Waals surface area contributed by atoms with Crippen molar-refractivity contribution in [3.63, 3.8) is 0 Å². The number of aryl methyl sites for hydroxylation is 2. The Balaban J connectivity index is 1.52. The van der Waals surface area contributed by atoms with Gasteiger partial charge in [-0.25, -0.2) is 0 Å². The third-order valence-electron chi connectivity index (χ3n) is 7.35. The largest absolute Gasteiger partial charge is 0.384 e. The minimum absolute atomic E-state index is 0.00838. The van der Waals surface area contributed by atoms with Gasteiger partial charge in [0.05, 0.1) is 5.71 Å². The fourth-order valence-electron chi connectivity index (χ4n) is 5.05. The van der Waals surface area contributed by atoms with Gasteiger partial charge in [-0.1, -0.05) is 54.6 Å². The van der Waals surface area contributed by atoms with Gasteiger partial charge in [-0.2, -0.15) is 0 Å². The molecule has 3 unspecified atom stereocenters. The molecule has 6 N–H and O–H groups in total. The van der Waals surface area contributed by atoms with E-state index in [0.717, 1.165) is 42.5 Å². The molecule has 2 aliphatic rings. The number of nitrogens with one attached hydrogen (secondary N) is 4. The summed E-state index contributed by atoms with van der Waals surface area (Å²) in [4.78, 5) is 0. The summed E-state index contributed by atoms with van der Waals surface area (Å²) in [5.74, 6) is 0.305. The zero-order valence-corrected chi connectivity index (χ0v) is 21.0. The van der Waals surface area contributed by atoms with Crippen molar-refractivity contribution in [1.82, 2.24) is 5.32 Å². The molecular weight excluding hydrogens is 430 g/mol. The van der Waals surface area contributed by atoms with E-state index in [1.165, 1.54) is 16.8 Å². The number of allylic oxidation sites excluding steroid dienone is 2. The quantitative estimate of drug-likeness (QED) is 0.283. The van der Waals surface area contributed by atoms with Crippen molar-refractivity contribution in [3.8, 4) is 0 Å². The number of benzene rings is 2. The molecule has 1 saturated heterocycles. The van der Waals surface area contributed by atoms with Crippen LogP contribution in [0.5, 0.6) is 0 Å². The predicted octanol–water partition coefficient (Wildman–Crippen LogP) is 5.58. The van der Waals surface area contributed by atoms with Gasteiger partial charge in [-0.3, -0.25) is 5.41 Å². The first-order chi connectivity index (χ1) is 16.8. The molecule has 5 heteroatoms. The van der Waals surface area contributed by atoms with Crippen LogP contribution in [0.1, 0.15) is 41.5 Å². The van der Waals surface area contributed by atoms with Crippen LogP contribution in [0.2, 0.25) is 0 Å². The molecule has 0 aromatic heterocycles. The molecule has 0 spiro atoms. The number of hydrogen-bond acceptors (Lipinski definition) is 4. The van der Waals surface area contributed by atoms with Crippen LogP contribution in [0.15, 0.2) is 77.9 Å². The molecule has 3 atom stereocenters. The minimum Gasteiger partial charge on any atom is -0.384 e. The molecular formula is C30H37N5. The van der Waals surface area contributed by atoms with Crippen molar-refractivity contribution in [3.05, 3.63) is 100 Å².